The van der Waals surface area contributed by atoms with Crippen molar-refractivity contribution in [2.75, 3.05) is 14.2 Å². The Labute approximate surface area is 159 Å². The van der Waals surface area contributed by atoms with Crippen LogP contribution >= 0.6 is 0 Å². The molecule has 0 unspecified atom stereocenters. The number of ether oxygens (including phenoxy) is 2. The molecule has 0 spiro atoms. The summed E-state index contributed by atoms with van der Waals surface area (Å²) in [6.45, 7) is 0. The number of benzene rings is 2. The van der Waals surface area contributed by atoms with E-state index in [1.54, 1.807) is 48.6 Å². The van der Waals surface area contributed by atoms with E-state index in [0.717, 1.165) is 10.9 Å². The Morgan fingerprint density at radius 1 is 1.00 bits per heavy atom. The monoisotopic (exact) mass is 376 g/mol. The third kappa shape index (κ3) is 3.05. The van der Waals surface area contributed by atoms with Crippen LogP contribution in [-0.2, 0) is 4.74 Å². The van der Waals surface area contributed by atoms with E-state index in [0.29, 0.717) is 33.6 Å². The zero-order valence-corrected chi connectivity index (χ0v) is 15.2. The van der Waals surface area contributed by atoms with Gasteiger partial charge in [0.1, 0.15) is 28.1 Å². The Bertz CT molecular complexity index is 1260. The summed E-state index contributed by atoms with van der Waals surface area (Å²) >= 11 is 0. The van der Waals surface area contributed by atoms with E-state index in [1.165, 1.54) is 26.5 Å². The second-order valence-corrected chi connectivity index (χ2v) is 6.08. The lowest BCUT2D eigenvalue weighted by Gasteiger charge is -2.06. The minimum Gasteiger partial charge on any atom is -0.495 e. The number of hydrogen-bond donors (Lipinski definition) is 0. The van der Waals surface area contributed by atoms with Gasteiger partial charge in [-0.25, -0.2) is 4.79 Å². The smallest absolute Gasteiger partial charge is 0.337 e. The highest BCUT2D eigenvalue weighted by atomic mass is 16.5. The molecule has 0 amide bonds. The minimum atomic E-state index is -0.394. The second kappa shape index (κ2) is 7.08. The Morgan fingerprint density at radius 2 is 1.79 bits per heavy atom. The number of furan rings is 1. The maximum Gasteiger partial charge on any atom is 0.337 e. The summed E-state index contributed by atoms with van der Waals surface area (Å²) in [6, 6.07) is 11.7. The van der Waals surface area contributed by atoms with Crippen LogP contribution < -0.4 is 10.2 Å². The Balaban J connectivity index is 1.73. The molecule has 0 saturated carbocycles. The van der Waals surface area contributed by atoms with Crippen LogP contribution in [0.3, 0.4) is 0 Å². The largest absolute Gasteiger partial charge is 0.495 e. The van der Waals surface area contributed by atoms with Gasteiger partial charge in [-0.05, 0) is 29.8 Å². The van der Waals surface area contributed by atoms with Gasteiger partial charge < -0.3 is 18.3 Å². The summed E-state index contributed by atoms with van der Waals surface area (Å²) in [7, 11) is 2.84. The number of carbonyl (C=O) groups excluding carboxylic acids is 1. The lowest BCUT2D eigenvalue weighted by Crippen LogP contribution is -2.03. The average molecular weight is 376 g/mol. The first-order valence-electron chi connectivity index (χ1n) is 8.49. The van der Waals surface area contributed by atoms with Crippen LogP contribution in [0.15, 0.2) is 62.4 Å². The van der Waals surface area contributed by atoms with E-state index < -0.39 is 5.97 Å². The summed E-state index contributed by atoms with van der Waals surface area (Å²) in [6.07, 6.45) is 5.01. The number of rotatable bonds is 4. The average Bonchev–Trinajstić information content (AvgIpc) is 3.18. The summed E-state index contributed by atoms with van der Waals surface area (Å²) in [5, 5.41) is 1.09. The Kier molecular flexibility index (Phi) is 4.45. The van der Waals surface area contributed by atoms with Gasteiger partial charge in [0.2, 0.25) is 0 Å². The quantitative estimate of drug-likeness (QED) is 0.488. The summed E-state index contributed by atoms with van der Waals surface area (Å²) < 4.78 is 21.4. The molecule has 0 aliphatic rings. The van der Waals surface area contributed by atoms with Crippen LogP contribution in [0.5, 0.6) is 5.75 Å². The van der Waals surface area contributed by atoms with Crippen molar-refractivity contribution in [1.82, 2.24) is 0 Å². The fraction of sp³-hybridized carbons (Fsp3) is 0.0909. The topological polar surface area (TPSA) is 78.9 Å². The van der Waals surface area contributed by atoms with Crippen LogP contribution in [0, 0.1) is 0 Å². The molecule has 6 nitrogen and oxygen atoms in total. The lowest BCUT2D eigenvalue weighted by atomic mass is 10.1. The summed E-state index contributed by atoms with van der Waals surface area (Å²) in [5.74, 6) is 0.431. The highest BCUT2D eigenvalue weighted by Gasteiger charge is 2.15. The van der Waals surface area contributed by atoms with Crippen molar-refractivity contribution in [3.63, 3.8) is 0 Å². The van der Waals surface area contributed by atoms with Crippen LogP contribution in [0.4, 0.5) is 0 Å². The number of fused-ring (bicyclic) bond motifs is 2. The van der Waals surface area contributed by atoms with Crippen molar-refractivity contribution in [3.8, 4) is 5.75 Å². The predicted molar refractivity (Wildman–Crippen MR) is 106 cm³/mol. The summed E-state index contributed by atoms with van der Waals surface area (Å²) in [4.78, 5) is 24.1. The zero-order chi connectivity index (χ0) is 19.7. The fourth-order valence-electron chi connectivity index (χ4n) is 3.05. The molecule has 140 valence electrons. The van der Waals surface area contributed by atoms with Crippen LogP contribution in [0.25, 0.3) is 34.1 Å². The van der Waals surface area contributed by atoms with E-state index in [1.807, 2.05) is 0 Å². The highest BCUT2D eigenvalue weighted by molar-refractivity contribution is 6.01. The maximum atomic E-state index is 12.7. The molecule has 2 aromatic carbocycles. The first-order valence-corrected chi connectivity index (χ1v) is 8.49. The van der Waals surface area contributed by atoms with Gasteiger partial charge in [0.15, 0.2) is 5.43 Å². The van der Waals surface area contributed by atoms with Gasteiger partial charge in [0, 0.05) is 12.1 Å². The normalized spacial score (nSPS) is 11.4. The predicted octanol–water partition coefficient (Wildman–Crippen LogP) is 4.50. The fourth-order valence-corrected chi connectivity index (χ4v) is 3.05. The molecule has 2 aromatic heterocycles. The lowest BCUT2D eigenvalue weighted by molar-refractivity contribution is 0.0600. The molecule has 6 heteroatoms. The van der Waals surface area contributed by atoms with Crippen molar-refractivity contribution in [2.24, 2.45) is 0 Å². The van der Waals surface area contributed by atoms with Crippen molar-refractivity contribution >= 4 is 40.1 Å². The van der Waals surface area contributed by atoms with E-state index >= 15 is 0 Å². The SMILES string of the molecule is COC(=O)c1ccc(C=Cc2cc(=O)c3c(OC)c4ccoc4cc3o2)cc1. The molecular formula is C22H16O6. The number of carbonyl (C=O) groups is 1. The molecule has 0 saturated heterocycles. The van der Waals surface area contributed by atoms with E-state index in [-0.39, 0.29) is 5.43 Å². The standard InChI is InChI=1S/C22H16O6/c1-25-21-16-9-10-27-18(16)12-19-20(21)17(23)11-15(28-19)8-5-13-3-6-14(7-4-13)22(24)26-2/h3-12H,1-2H3. The number of hydrogen-bond acceptors (Lipinski definition) is 6. The molecule has 4 aromatic rings. The van der Waals surface area contributed by atoms with Gasteiger partial charge in [-0.15, -0.1) is 0 Å². The molecule has 0 aliphatic carbocycles. The molecule has 0 fully saturated rings. The molecule has 4 rings (SSSR count). The Hall–Kier alpha value is -3.80. The van der Waals surface area contributed by atoms with Gasteiger partial charge >= 0.3 is 5.97 Å². The highest BCUT2D eigenvalue weighted by Crippen LogP contribution is 2.34. The second-order valence-electron chi connectivity index (χ2n) is 6.08. The molecule has 28 heavy (non-hydrogen) atoms. The van der Waals surface area contributed by atoms with E-state index in [2.05, 4.69) is 4.74 Å². The molecule has 0 atom stereocenters. The van der Waals surface area contributed by atoms with Crippen molar-refractivity contribution in [1.29, 1.82) is 0 Å². The molecular weight excluding hydrogens is 360 g/mol. The van der Waals surface area contributed by atoms with Gasteiger partial charge in [0.05, 0.1) is 31.4 Å². The molecule has 0 radical (unpaired) electrons. The van der Waals surface area contributed by atoms with Gasteiger partial charge in [-0.2, -0.15) is 0 Å². The first-order chi connectivity index (χ1) is 13.6. The van der Waals surface area contributed by atoms with E-state index in [4.69, 9.17) is 13.6 Å². The van der Waals surface area contributed by atoms with Crippen molar-refractivity contribution in [3.05, 3.63) is 75.8 Å². The van der Waals surface area contributed by atoms with E-state index in [9.17, 15) is 9.59 Å². The van der Waals surface area contributed by atoms with Gasteiger partial charge in [-0.3, -0.25) is 4.79 Å². The molecule has 0 N–H and O–H groups in total. The molecule has 2 heterocycles. The molecule has 0 bridgehead atoms. The van der Waals surface area contributed by atoms with Crippen LogP contribution in [-0.4, -0.2) is 20.2 Å². The first kappa shape index (κ1) is 17.6. The number of esters is 1. The molecule has 0 aliphatic heterocycles. The summed E-state index contributed by atoms with van der Waals surface area (Å²) in [5.41, 5.74) is 2.06. The zero-order valence-electron chi connectivity index (χ0n) is 15.2. The van der Waals surface area contributed by atoms with Crippen molar-refractivity contribution in [2.45, 2.75) is 0 Å². The van der Waals surface area contributed by atoms with Crippen LogP contribution in [0.2, 0.25) is 0 Å². The van der Waals surface area contributed by atoms with Crippen LogP contribution in [0.1, 0.15) is 21.7 Å². The van der Waals surface area contributed by atoms with Gasteiger partial charge in [0.25, 0.3) is 0 Å². The Morgan fingerprint density at radius 3 is 2.50 bits per heavy atom. The third-order valence-electron chi connectivity index (χ3n) is 4.40. The van der Waals surface area contributed by atoms with Crippen molar-refractivity contribution < 1.29 is 23.1 Å². The minimum absolute atomic E-state index is 0.207. The third-order valence-corrected chi connectivity index (χ3v) is 4.40. The maximum absolute atomic E-state index is 12.7. The van der Waals surface area contributed by atoms with Gasteiger partial charge in [-0.1, -0.05) is 18.2 Å². The number of methoxy groups -OCH3 is 2.